The summed E-state index contributed by atoms with van der Waals surface area (Å²) in [6, 6.07) is 141. The number of rotatable bonds is 13. The van der Waals surface area contributed by atoms with Crippen LogP contribution in [0.3, 0.4) is 0 Å². The lowest BCUT2D eigenvalue weighted by molar-refractivity contribution is -0.129. The Bertz CT molecular complexity index is 8120. The van der Waals surface area contributed by atoms with Crippen LogP contribution in [0, 0.1) is 33.6 Å². The zero-order valence-corrected chi connectivity index (χ0v) is 75.3. The fourth-order valence-electron chi connectivity index (χ4n) is 21.1. The summed E-state index contributed by atoms with van der Waals surface area (Å²) in [7, 11) is 0. The predicted molar refractivity (Wildman–Crippen MR) is 560 cm³/mol. The van der Waals surface area contributed by atoms with Crippen molar-refractivity contribution in [3.05, 3.63) is 437 Å². The molecule has 4 aliphatic rings. The number of nitrogens with one attached hydrogen (secondary N) is 1. The number of aryl methyl sites for hydroxylation is 3. The summed E-state index contributed by atoms with van der Waals surface area (Å²) >= 11 is 5.54. The summed E-state index contributed by atoms with van der Waals surface area (Å²) < 4.78 is 0. The number of nitrogens with two attached hydrogens (primary N) is 1. The Morgan fingerprint density at radius 3 is 0.917 bits per heavy atom. The molecule has 7 nitrogen and oxygen atoms in total. The van der Waals surface area contributed by atoms with Crippen LogP contribution in [0.4, 0.5) is 5.69 Å². The maximum atomic E-state index is 14.6. The second-order valence-electron chi connectivity index (χ2n) is 35.1. The number of carboxylic acids is 1. The van der Waals surface area contributed by atoms with E-state index >= 15 is 0 Å². The standard InChI is InChI=1S/C56H36.C49H28O.C9H11NO2.C6H5Cl.C5H13NO2/c1-33-27-28-41-46(34(33)2)50(38-23-13-6-14-24-38)56-45-32-31-43-51-42(29-30-44(52(45)51)55(56)49(41)37-21-11-5-12-22-37)53-47(35-17-7-3-8-18-35)39-25-15-16-26-40(39)48(54(43)53)36-19-9-4-10-20-36;50-49-41(31-19-9-3-10-20-31)47-37-27-25-35-43-36(26-28-38(44(37)43)48(47)42(49)32-21-11-4-12-22-32)46-40(30-17-7-2-8-18-30)34-24-14-13-23-33(34)39(45(35)46)29-15-5-1-6-16-29;1-5-3-4-7(9(11)12)8(10)6(5)2;7-6-4-2-1-3-5-6;1-5(2)3-4-8-6-7/h3-32H,1-2H3;1-28H;3-4H,10H2,1-2H3,(H,11,12);1-5H;5-7H,3-4H2,1-2H3. The van der Waals surface area contributed by atoms with Gasteiger partial charge in [0.25, 0.3) is 0 Å². The molecule has 0 bridgehead atoms. The maximum absolute atomic E-state index is 14.6. The minimum atomic E-state index is -0.976. The molecule has 0 saturated heterocycles. The molecule has 640 valence electrons. The molecule has 0 aliphatic heterocycles. The monoisotopic (exact) mass is 1740 g/mol. The van der Waals surface area contributed by atoms with Gasteiger partial charge in [0, 0.05) is 33.0 Å². The van der Waals surface area contributed by atoms with Crippen molar-refractivity contribution >= 4 is 109 Å². The zero-order chi connectivity index (χ0) is 90.8. The number of carbonyl (C=O) groups is 1. The molecule has 0 atom stereocenters. The first-order chi connectivity index (χ1) is 65.2. The molecule has 0 spiro atoms. The predicted octanol–water partition coefficient (Wildman–Crippen LogP) is 33.5. The van der Waals surface area contributed by atoms with E-state index in [1.165, 1.54) is 204 Å². The number of anilines is 1. The molecule has 8 heteroatoms. The lowest BCUT2D eigenvalue weighted by Crippen LogP contribution is -2.10. The average molecular weight is 1740 g/mol. The number of hydrogen-bond donors (Lipinski definition) is 4. The van der Waals surface area contributed by atoms with Crippen molar-refractivity contribution in [2.24, 2.45) is 5.92 Å². The Labute approximate surface area is 777 Å². The van der Waals surface area contributed by atoms with Gasteiger partial charge in [-0.2, -0.15) is 0 Å². The minimum Gasteiger partial charge on any atom is -0.478 e. The van der Waals surface area contributed by atoms with Gasteiger partial charge in [0.2, 0.25) is 0 Å². The Morgan fingerprint density at radius 1 is 0.293 bits per heavy atom. The molecular formula is C125H93ClN2O5. The topological polar surface area (TPSA) is 122 Å². The zero-order valence-electron chi connectivity index (χ0n) is 74.6. The number of carboxylic acid groups (broad SMARTS) is 1. The summed E-state index contributed by atoms with van der Waals surface area (Å²) in [5.41, 5.74) is 43.9. The SMILES string of the molecule is CC(C)CCONO.Cc1ccc(C(=O)O)c(N)c1C.Cc1ccc2c(-c3ccccc3)c3c(c(-c4ccccc4)c2c1C)-c1ccc2c4c(ccc-3c14)-c1c-2c(-c2ccccc2)c2ccccc2c1-c1ccccc1.Clc1ccccc1.O=c1c(-c2ccccc2)c2c3ccc4c5c(-c6ccccc6)c6ccccc6c(-c6ccccc6)c5c5ccc(c-2c1-c1ccccc1)c3c45. The minimum absolute atomic E-state index is 0.0986. The third-order valence-electron chi connectivity index (χ3n) is 27.2. The molecule has 0 heterocycles. The smallest absolute Gasteiger partial charge is 0.337 e. The first-order valence-electron chi connectivity index (χ1n) is 45.5. The van der Waals surface area contributed by atoms with Gasteiger partial charge in [-0.15, -0.1) is 0 Å². The van der Waals surface area contributed by atoms with E-state index in [0.29, 0.717) is 18.2 Å². The summed E-state index contributed by atoms with van der Waals surface area (Å²) in [5, 5.41) is 37.8. The van der Waals surface area contributed by atoms with Crippen LogP contribution in [0.2, 0.25) is 5.02 Å². The number of fused-ring (bicyclic) bond motifs is 15. The van der Waals surface area contributed by atoms with E-state index in [1.807, 2.05) is 80.6 Å². The second-order valence-corrected chi connectivity index (χ2v) is 35.5. The molecule has 0 radical (unpaired) electrons. The molecule has 0 aromatic heterocycles. The van der Waals surface area contributed by atoms with Crippen LogP contribution in [0.15, 0.2) is 399 Å². The van der Waals surface area contributed by atoms with Crippen LogP contribution in [-0.2, 0) is 4.84 Å². The number of nitrogen functional groups attached to an aromatic ring is 1. The average Bonchev–Trinajstić information content (AvgIpc) is 1.51. The van der Waals surface area contributed by atoms with Crippen molar-refractivity contribution in [1.29, 1.82) is 0 Å². The molecule has 0 saturated carbocycles. The molecule has 133 heavy (non-hydrogen) atoms. The van der Waals surface area contributed by atoms with E-state index in [9.17, 15) is 9.59 Å². The van der Waals surface area contributed by atoms with Gasteiger partial charge in [0.15, 0.2) is 5.43 Å². The molecule has 0 unspecified atom stereocenters. The molecular weight excluding hydrogens is 1640 g/mol. The van der Waals surface area contributed by atoms with Gasteiger partial charge in [-0.05, 0) is 289 Å². The summed E-state index contributed by atoms with van der Waals surface area (Å²) in [6.45, 7) is 13.0. The van der Waals surface area contributed by atoms with Crippen molar-refractivity contribution < 1.29 is 19.9 Å². The van der Waals surface area contributed by atoms with Gasteiger partial charge in [0.1, 0.15) is 0 Å². The quantitative estimate of drug-likeness (QED) is 0.0515. The van der Waals surface area contributed by atoms with Crippen LogP contribution in [0.25, 0.3) is 231 Å². The molecule has 4 aliphatic carbocycles. The van der Waals surface area contributed by atoms with Crippen molar-refractivity contribution in [2.75, 3.05) is 12.3 Å². The summed E-state index contributed by atoms with van der Waals surface area (Å²) in [6.07, 6.45) is 0.966. The molecule has 0 amide bonds. The highest BCUT2D eigenvalue weighted by atomic mass is 35.5. The van der Waals surface area contributed by atoms with Gasteiger partial charge in [-0.1, -0.05) is 407 Å². The van der Waals surface area contributed by atoms with E-state index in [1.54, 1.807) is 11.7 Å². The van der Waals surface area contributed by atoms with Crippen molar-refractivity contribution in [3.8, 4) is 145 Å². The number of hydrogen-bond acceptors (Lipinski definition) is 6. The number of halogens is 1. The molecule has 5 N–H and O–H groups in total. The number of benzene rings is 20. The lowest BCUT2D eigenvalue weighted by atomic mass is 9.80. The van der Waals surface area contributed by atoms with Crippen molar-refractivity contribution in [2.45, 2.75) is 48.0 Å². The van der Waals surface area contributed by atoms with E-state index in [-0.39, 0.29) is 11.0 Å². The van der Waals surface area contributed by atoms with Gasteiger partial charge >= 0.3 is 5.97 Å². The summed E-state index contributed by atoms with van der Waals surface area (Å²) in [5.74, 6) is -0.348. The Hall–Kier alpha value is -15.7. The van der Waals surface area contributed by atoms with Gasteiger partial charge in [-0.3, -0.25) is 14.8 Å². The summed E-state index contributed by atoms with van der Waals surface area (Å²) in [4.78, 5) is 29.7. The first kappa shape index (κ1) is 84.2. The van der Waals surface area contributed by atoms with Crippen molar-refractivity contribution in [3.63, 3.8) is 0 Å². The first-order valence-corrected chi connectivity index (χ1v) is 45.8. The van der Waals surface area contributed by atoms with Gasteiger partial charge < -0.3 is 10.8 Å². The van der Waals surface area contributed by atoms with Crippen LogP contribution in [0.5, 0.6) is 0 Å². The van der Waals surface area contributed by atoms with Crippen LogP contribution >= 0.6 is 11.6 Å². The molecule has 25 rings (SSSR count). The molecule has 21 aromatic rings. The fourth-order valence-corrected chi connectivity index (χ4v) is 21.2. The normalized spacial score (nSPS) is 11.6. The van der Waals surface area contributed by atoms with Gasteiger partial charge in [0.05, 0.1) is 12.2 Å². The fraction of sp³-hybridized carbons (Fsp3) is 0.0720. The number of aromatic carboxylic acids is 1. The third-order valence-corrected chi connectivity index (χ3v) is 27.5. The van der Waals surface area contributed by atoms with E-state index < -0.39 is 5.97 Å². The van der Waals surface area contributed by atoms with Crippen LogP contribution < -0.4 is 16.8 Å². The van der Waals surface area contributed by atoms with E-state index in [2.05, 4.69) is 348 Å². The molecule has 21 aromatic carbocycles. The van der Waals surface area contributed by atoms with E-state index in [4.69, 9.17) is 27.6 Å². The highest BCUT2D eigenvalue weighted by molar-refractivity contribution is 6.46. The Balaban J connectivity index is 0.000000125. The third kappa shape index (κ3) is 14.4. The van der Waals surface area contributed by atoms with Gasteiger partial charge in [-0.25, -0.2) is 4.79 Å². The maximum Gasteiger partial charge on any atom is 0.337 e. The molecule has 0 fully saturated rings. The highest BCUT2D eigenvalue weighted by Gasteiger charge is 2.39. The van der Waals surface area contributed by atoms with Crippen molar-refractivity contribution in [1.82, 2.24) is 5.64 Å². The van der Waals surface area contributed by atoms with Crippen LogP contribution in [-0.4, -0.2) is 22.9 Å². The lowest BCUT2D eigenvalue weighted by Gasteiger charge is -2.22. The Morgan fingerprint density at radius 2 is 0.571 bits per heavy atom. The van der Waals surface area contributed by atoms with E-state index in [0.717, 1.165) is 66.7 Å². The van der Waals surface area contributed by atoms with Crippen LogP contribution in [0.1, 0.15) is 52.9 Å². The second kappa shape index (κ2) is 35.3. The largest absolute Gasteiger partial charge is 0.478 e. The highest BCUT2D eigenvalue weighted by Crippen LogP contribution is 2.66. The Kier molecular flexibility index (Phi) is 22.3.